The Labute approximate surface area is 177 Å². The van der Waals surface area contributed by atoms with E-state index < -0.39 is 0 Å². The van der Waals surface area contributed by atoms with Gasteiger partial charge in [0, 0.05) is 18.0 Å². The molecule has 160 valence electrons. The van der Waals surface area contributed by atoms with Gasteiger partial charge in [-0.25, -0.2) is 8.91 Å². The van der Waals surface area contributed by atoms with Crippen molar-refractivity contribution in [3.8, 4) is 11.3 Å². The summed E-state index contributed by atoms with van der Waals surface area (Å²) in [5, 5.41) is 8.48. The van der Waals surface area contributed by atoms with E-state index in [1.807, 2.05) is 0 Å². The molecule has 5 rings (SSSR count). The summed E-state index contributed by atoms with van der Waals surface area (Å²) in [6.45, 7) is 2.96. The molecule has 4 heterocycles. The predicted octanol–water partition coefficient (Wildman–Crippen LogP) is 3.11. The normalized spacial score (nSPS) is 15.4. The molecular formula is C22H23FN6O2. The number of hydrogen-bond donors (Lipinski definition) is 0. The van der Waals surface area contributed by atoms with E-state index in [2.05, 4.69) is 20.1 Å². The molecule has 1 fully saturated rings. The molecule has 1 aliphatic heterocycles. The Morgan fingerprint density at radius 2 is 1.77 bits per heavy atom. The van der Waals surface area contributed by atoms with Gasteiger partial charge < -0.3 is 9.09 Å². The topological polar surface area (TPSA) is 81.5 Å². The van der Waals surface area contributed by atoms with Crippen LogP contribution in [0.5, 0.6) is 0 Å². The molecule has 0 amide bonds. The van der Waals surface area contributed by atoms with Crippen LogP contribution in [-0.2, 0) is 13.1 Å². The predicted molar refractivity (Wildman–Crippen MR) is 112 cm³/mol. The summed E-state index contributed by atoms with van der Waals surface area (Å²) in [6, 6.07) is 7.73. The maximum absolute atomic E-state index is 13.2. The summed E-state index contributed by atoms with van der Waals surface area (Å²) in [6.07, 6.45) is 8.30. The number of rotatable bonds is 5. The lowest BCUT2D eigenvalue weighted by molar-refractivity contribution is 0.233. The molecule has 0 unspecified atom stereocenters. The summed E-state index contributed by atoms with van der Waals surface area (Å²) in [5.74, 6) is 0.730. The second kappa shape index (κ2) is 8.43. The van der Waals surface area contributed by atoms with Crippen molar-refractivity contribution in [2.24, 2.45) is 0 Å². The Bertz CT molecular complexity index is 1240. The molecule has 0 N–H and O–H groups in total. The van der Waals surface area contributed by atoms with Crippen molar-refractivity contribution in [3.63, 3.8) is 0 Å². The molecule has 0 bridgehead atoms. The van der Waals surface area contributed by atoms with Crippen molar-refractivity contribution in [2.75, 3.05) is 13.1 Å². The highest BCUT2D eigenvalue weighted by atomic mass is 19.1. The average Bonchev–Trinajstić information content (AvgIpc) is 3.32. The van der Waals surface area contributed by atoms with Crippen LogP contribution < -0.4 is 5.56 Å². The monoisotopic (exact) mass is 422 g/mol. The summed E-state index contributed by atoms with van der Waals surface area (Å²) in [7, 11) is 0. The smallest absolute Gasteiger partial charge is 0.277 e. The molecule has 0 spiro atoms. The van der Waals surface area contributed by atoms with Gasteiger partial charge >= 0.3 is 0 Å². The van der Waals surface area contributed by atoms with Crippen molar-refractivity contribution < 1.29 is 8.91 Å². The van der Waals surface area contributed by atoms with Crippen LogP contribution in [-0.4, -0.2) is 42.3 Å². The molecule has 4 aromatic rings. The first kappa shape index (κ1) is 19.6. The summed E-state index contributed by atoms with van der Waals surface area (Å²) in [5.41, 5.74) is 1.57. The zero-order chi connectivity index (χ0) is 21.2. The van der Waals surface area contributed by atoms with Crippen LogP contribution in [0.1, 0.15) is 37.4 Å². The van der Waals surface area contributed by atoms with Gasteiger partial charge in [-0.1, -0.05) is 18.0 Å². The van der Waals surface area contributed by atoms with Gasteiger partial charge in [0.15, 0.2) is 5.82 Å². The molecule has 8 nitrogen and oxygen atoms in total. The second-order valence-electron chi connectivity index (χ2n) is 7.89. The van der Waals surface area contributed by atoms with Crippen LogP contribution in [0, 0.1) is 5.82 Å². The summed E-state index contributed by atoms with van der Waals surface area (Å²) < 4.78 is 21.7. The maximum Gasteiger partial charge on any atom is 0.277 e. The van der Waals surface area contributed by atoms with Gasteiger partial charge in [-0.15, -0.1) is 0 Å². The minimum absolute atomic E-state index is 0.206. The van der Waals surface area contributed by atoms with E-state index in [4.69, 9.17) is 4.52 Å². The Morgan fingerprint density at radius 1 is 1.00 bits per heavy atom. The van der Waals surface area contributed by atoms with Crippen molar-refractivity contribution in [1.29, 1.82) is 0 Å². The van der Waals surface area contributed by atoms with Crippen LogP contribution in [0.2, 0.25) is 0 Å². The number of benzene rings is 1. The number of nitrogens with zero attached hydrogens (tertiary/aromatic N) is 6. The van der Waals surface area contributed by atoms with Gasteiger partial charge in [-0.05, 0) is 56.3 Å². The third-order valence-corrected chi connectivity index (χ3v) is 5.62. The fourth-order valence-electron chi connectivity index (χ4n) is 3.97. The van der Waals surface area contributed by atoms with Crippen molar-refractivity contribution in [1.82, 2.24) is 29.2 Å². The highest BCUT2D eigenvalue weighted by molar-refractivity contribution is 5.65. The van der Waals surface area contributed by atoms with Crippen molar-refractivity contribution >= 4 is 5.52 Å². The standard InChI is InChI=1S/C22H23FN6O2/c23-17-7-5-16(6-8-17)18-13-19-22(30)28(11-12-29(19)25-18)14-20-24-21(31-26-20)15-27-9-3-1-2-4-10-27/h5-8,11-13H,1-4,9-10,14-15H2. The van der Waals surface area contributed by atoms with Gasteiger partial charge in [-0.3, -0.25) is 9.69 Å². The Morgan fingerprint density at radius 3 is 2.55 bits per heavy atom. The van der Waals surface area contributed by atoms with Crippen molar-refractivity contribution in [3.05, 3.63) is 70.6 Å². The second-order valence-corrected chi connectivity index (χ2v) is 7.89. The van der Waals surface area contributed by atoms with E-state index in [9.17, 15) is 9.18 Å². The number of halogens is 1. The molecule has 0 aliphatic carbocycles. The molecule has 1 aromatic carbocycles. The van der Waals surface area contributed by atoms with Gasteiger partial charge in [-0.2, -0.15) is 10.1 Å². The van der Waals surface area contributed by atoms with E-state index >= 15 is 0 Å². The molecule has 3 aromatic heterocycles. The van der Waals surface area contributed by atoms with Gasteiger partial charge in [0.05, 0.1) is 18.8 Å². The number of fused-ring (bicyclic) bond motifs is 1. The van der Waals surface area contributed by atoms with Gasteiger partial charge in [0.2, 0.25) is 5.89 Å². The minimum atomic E-state index is -0.315. The first-order valence-corrected chi connectivity index (χ1v) is 10.5. The number of likely N-dealkylation sites (tertiary alicyclic amines) is 1. The molecule has 1 aliphatic rings. The fourth-order valence-corrected chi connectivity index (χ4v) is 3.97. The Hall–Kier alpha value is -3.33. The summed E-state index contributed by atoms with van der Waals surface area (Å²) >= 11 is 0. The summed E-state index contributed by atoms with van der Waals surface area (Å²) in [4.78, 5) is 19.8. The van der Waals surface area contributed by atoms with Gasteiger partial charge in [0.25, 0.3) is 5.56 Å². The van der Waals surface area contributed by atoms with E-state index in [1.54, 1.807) is 30.6 Å². The molecule has 9 heteroatoms. The zero-order valence-corrected chi connectivity index (χ0v) is 17.1. The lowest BCUT2D eigenvalue weighted by Gasteiger charge is -2.16. The first-order valence-electron chi connectivity index (χ1n) is 10.5. The maximum atomic E-state index is 13.2. The van der Waals surface area contributed by atoms with E-state index in [0.717, 1.165) is 18.7 Å². The van der Waals surface area contributed by atoms with Crippen LogP contribution in [0.3, 0.4) is 0 Å². The van der Waals surface area contributed by atoms with Gasteiger partial charge in [0.1, 0.15) is 11.3 Å². The third-order valence-electron chi connectivity index (χ3n) is 5.62. The highest BCUT2D eigenvalue weighted by Gasteiger charge is 2.15. The molecule has 1 saturated heterocycles. The van der Waals surface area contributed by atoms with Crippen molar-refractivity contribution in [2.45, 2.75) is 38.8 Å². The van der Waals surface area contributed by atoms with Crippen LogP contribution in [0.4, 0.5) is 4.39 Å². The highest BCUT2D eigenvalue weighted by Crippen LogP contribution is 2.19. The lowest BCUT2D eigenvalue weighted by atomic mass is 10.1. The number of aromatic nitrogens is 5. The number of hydrogen-bond acceptors (Lipinski definition) is 6. The molecule has 31 heavy (non-hydrogen) atoms. The Balaban J connectivity index is 1.35. The Kier molecular flexibility index (Phi) is 5.33. The van der Waals surface area contributed by atoms with Crippen LogP contribution in [0.15, 0.2) is 52.0 Å². The minimum Gasteiger partial charge on any atom is -0.338 e. The van der Waals surface area contributed by atoms with E-state index in [-0.39, 0.29) is 17.9 Å². The van der Waals surface area contributed by atoms with Crippen LogP contribution in [0.25, 0.3) is 16.8 Å². The largest absolute Gasteiger partial charge is 0.338 e. The van der Waals surface area contributed by atoms with E-state index in [1.165, 1.54) is 46.9 Å². The quantitative estimate of drug-likeness (QED) is 0.492. The van der Waals surface area contributed by atoms with E-state index in [0.29, 0.717) is 29.5 Å². The molecule has 0 saturated carbocycles. The first-order chi connectivity index (χ1) is 15.2. The molecular weight excluding hydrogens is 399 g/mol. The fraction of sp³-hybridized carbons (Fsp3) is 0.364. The third kappa shape index (κ3) is 4.27. The zero-order valence-electron chi connectivity index (χ0n) is 17.1. The molecule has 0 radical (unpaired) electrons. The lowest BCUT2D eigenvalue weighted by Crippen LogP contribution is -2.24. The van der Waals surface area contributed by atoms with Crippen LogP contribution >= 0.6 is 0 Å². The molecule has 0 atom stereocenters. The average molecular weight is 422 g/mol. The SMILES string of the molecule is O=c1c2cc(-c3ccc(F)cc3)nn2ccn1Cc1noc(CN2CCCCCC2)n1.